The molecule has 0 radical (unpaired) electrons. The zero-order valence-electron chi connectivity index (χ0n) is 14.5. The van der Waals surface area contributed by atoms with Crippen molar-refractivity contribution in [1.82, 2.24) is 9.97 Å². The van der Waals surface area contributed by atoms with Crippen LogP contribution in [-0.4, -0.2) is 9.97 Å². The second kappa shape index (κ2) is 6.54. The topological polar surface area (TPSA) is 38.9 Å². The molecule has 5 rings (SSSR count). The van der Waals surface area contributed by atoms with Crippen LogP contribution in [0.2, 0.25) is 0 Å². The van der Waals surface area contributed by atoms with Crippen molar-refractivity contribution in [1.29, 1.82) is 0 Å². The molecule has 3 nitrogen and oxygen atoms in total. The number of para-hydroxylation sites is 1. The Morgan fingerprint density at radius 3 is 2.00 bits per heavy atom. The molecule has 0 bridgehead atoms. The molecule has 0 saturated carbocycles. The average Bonchev–Trinajstić information content (AvgIpc) is 3.20. The number of nitrogens with zero attached hydrogens (tertiary/aromatic N) is 2. The summed E-state index contributed by atoms with van der Waals surface area (Å²) in [4.78, 5) is 9.54. The molecule has 0 fully saturated rings. The Morgan fingerprint density at radius 1 is 0.556 bits per heavy atom. The molecule has 5 aromatic rings. The second-order valence-corrected chi connectivity index (χ2v) is 6.32. The number of benzene rings is 3. The Kier molecular flexibility index (Phi) is 3.76. The van der Waals surface area contributed by atoms with E-state index in [1.165, 1.54) is 0 Å². The molecular weight excluding hydrogens is 332 g/mol. The Morgan fingerprint density at radius 2 is 1.22 bits per heavy atom. The van der Waals surface area contributed by atoms with Gasteiger partial charge in [0.25, 0.3) is 0 Å². The number of aromatic nitrogens is 2. The van der Waals surface area contributed by atoms with Crippen LogP contribution < -0.4 is 0 Å². The van der Waals surface area contributed by atoms with Crippen molar-refractivity contribution in [2.75, 3.05) is 0 Å². The fourth-order valence-corrected chi connectivity index (χ4v) is 3.19. The first kappa shape index (κ1) is 15.5. The van der Waals surface area contributed by atoms with Gasteiger partial charge in [-0.1, -0.05) is 84.9 Å². The van der Waals surface area contributed by atoms with Gasteiger partial charge in [0.05, 0.1) is 5.52 Å². The minimum atomic E-state index is 0.526. The second-order valence-electron chi connectivity index (χ2n) is 6.32. The zero-order chi connectivity index (χ0) is 18.1. The molecule has 0 N–H and O–H groups in total. The van der Waals surface area contributed by atoms with Crippen molar-refractivity contribution in [3.63, 3.8) is 0 Å². The van der Waals surface area contributed by atoms with Gasteiger partial charge in [0, 0.05) is 16.5 Å². The van der Waals surface area contributed by atoms with Crippen molar-refractivity contribution >= 4 is 10.9 Å². The summed E-state index contributed by atoms with van der Waals surface area (Å²) in [5, 5.41) is 1.10. The molecular formula is C24H16N2O. The van der Waals surface area contributed by atoms with Crippen LogP contribution in [0.1, 0.15) is 0 Å². The number of fused-ring (bicyclic) bond motifs is 1. The van der Waals surface area contributed by atoms with E-state index in [1.807, 2.05) is 97.1 Å². The van der Waals surface area contributed by atoms with Gasteiger partial charge in [0.1, 0.15) is 11.4 Å². The van der Waals surface area contributed by atoms with Crippen LogP contribution >= 0.6 is 0 Å². The predicted octanol–water partition coefficient (Wildman–Crippen LogP) is 6.22. The molecule has 0 unspecified atom stereocenters. The van der Waals surface area contributed by atoms with E-state index in [9.17, 15) is 0 Å². The summed E-state index contributed by atoms with van der Waals surface area (Å²) in [5.41, 5.74) is 4.50. The molecule has 0 aliphatic rings. The maximum absolute atomic E-state index is 6.22. The van der Waals surface area contributed by atoms with Gasteiger partial charge in [-0.3, -0.25) is 0 Å². The molecule has 0 amide bonds. The Bertz CT molecular complexity index is 1150. The lowest BCUT2D eigenvalue weighted by molar-refractivity contribution is 0.587. The predicted molar refractivity (Wildman–Crippen MR) is 108 cm³/mol. The summed E-state index contributed by atoms with van der Waals surface area (Å²) in [6.07, 6.45) is 0. The minimum Gasteiger partial charge on any atom is -0.434 e. The lowest BCUT2D eigenvalue weighted by atomic mass is 10.1. The van der Waals surface area contributed by atoms with E-state index in [1.54, 1.807) is 0 Å². The van der Waals surface area contributed by atoms with Gasteiger partial charge in [-0.25, -0.2) is 9.97 Å². The molecule has 0 saturated heterocycles. The normalized spacial score (nSPS) is 11.0. The summed E-state index contributed by atoms with van der Waals surface area (Å²) < 4.78 is 6.22. The van der Waals surface area contributed by atoms with Gasteiger partial charge in [-0.15, -0.1) is 0 Å². The van der Waals surface area contributed by atoms with E-state index in [4.69, 9.17) is 14.4 Å². The van der Waals surface area contributed by atoms with E-state index >= 15 is 0 Å². The third-order valence-corrected chi connectivity index (χ3v) is 4.53. The van der Waals surface area contributed by atoms with Gasteiger partial charge >= 0.3 is 0 Å². The van der Waals surface area contributed by atoms with Crippen LogP contribution in [0.5, 0.6) is 0 Å². The highest BCUT2D eigenvalue weighted by molar-refractivity contribution is 5.82. The van der Waals surface area contributed by atoms with Gasteiger partial charge in [0.15, 0.2) is 5.76 Å². The largest absolute Gasteiger partial charge is 0.434 e. The molecule has 0 atom stereocenters. The third kappa shape index (κ3) is 2.89. The number of oxazole rings is 1. The van der Waals surface area contributed by atoms with Crippen LogP contribution in [-0.2, 0) is 0 Å². The number of rotatable bonds is 3. The smallest absolute Gasteiger partial charge is 0.246 e. The molecule has 0 aliphatic heterocycles. The molecule has 128 valence electrons. The van der Waals surface area contributed by atoms with Crippen LogP contribution in [0.4, 0.5) is 0 Å². The van der Waals surface area contributed by atoms with Crippen molar-refractivity contribution in [3.8, 4) is 34.2 Å². The van der Waals surface area contributed by atoms with Gasteiger partial charge in [0.2, 0.25) is 5.89 Å². The van der Waals surface area contributed by atoms with Crippen LogP contribution in [0.3, 0.4) is 0 Å². The summed E-state index contributed by atoms with van der Waals surface area (Å²) in [6, 6.07) is 32.2. The van der Waals surface area contributed by atoms with Crippen LogP contribution in [0.25, 0.3) is 45.1 Å². The summed E-state index contributed by atoms with van der Waals surface area (Å²) in [6.45, 7) is 0. The highest BCUT2D eigenvalue weighted by Crippen LogP contribution is 2.35. The lowest BCUT2D eigenvalue weighted by Crippen LogP contribution is -1.85. The molecule has 3 aromatic carbocycles. The zero-order valence-corrected chi connectivity index (χ0v) is 14.5. The maximum Gasteiger partial charge on any atom is 0.246 e. The monoisotopic (exact) mass is 348 g/mol. The summed E-state index contributed by atoms with van der Waals surface area (Å²) >= 11 is 0. The Balaban J connectivity index is 1.70. The van der Waals surface area contributed by atoms with Crippen LogP contribution in [0.15, 0.2) is 101 Å². The molecule has 27 heavy (non-hydrogen) atoms. The highest BCUT2D eigenvalue weighted by atomic mass is 16.4. The first-order chi connectivity index (χ1) is 13.4. The maximum atomic E-state index is 6.22. The van der Waals surface area contributed by atoms with Crippen LogP contribution in [0, 0.1) is 0 Å². The average molecular weight is 348 g/mol. The van der Waals surface area contributed by atoms with Crippen molar-refractivity contribution in [2.24, 2.45) is 0 Å². The molecule has 2 heterocycles. The van der Waals surface area contributed by atoms with E-state index in [0.29, 0.717) is 5.89 Å². The first-order valence-electron chi connectivity index (χ1n) is 8.86. The van der Waals surface area contributed by atoms with Gasteiger partial charge < -0.3 is 4.42 Å². The molecule has 0 spiro atoms. The van der Waals surface area contributed by atoms with E-state index < -0.39 is 0 Å². The standard InChI is InChI=1S/C24H16N2O/c1-3-10-18(11-4-1)22-23(19-12-5-2-6-13-19)27-24(26-22)21-16-15-17-9-7-8-14-20(17)25-21/h1-16H. The molecule has 3 heteroatoms. The summed E-state index contributed by atoms with van der Waals surface area (Å²) in [7, 11) is 0. The number of hydrogen-bond acceptors (Lipinski definition) is 3. The summed E-state index contributed by atoms with van der Waals surface area (Å²) in [5.74, 6) is 1.28. The fourth-order valence-electron chi connectivity index (χ4n) is 3.19. The quantitative estimate of drug-likeness (QED) is 0.388. The highest BCUT2D eigenvalue weighted by Gasteiger charge is 2.18. The first-order valence-corrected chi connectivity index (χ1v) is 8.86. The molecule has 2 aromatic heterocycles. The van der Waals surface area contributed by atoms with Gasteiger partial charge in [-0.05, 0) is 12.1 Å². The van der Waals surface area contributed by atoms with Gasteiger partial charge in [-0.2, -0.15) is 0 Å². The Hall–Kier alpha value is -3.72. The van der Waals surface area contributed by atoms with Crippen molar-refractivity contribution in [2.45, 2.75) is 0 Å². The SMILES string of the molecule is c1ccc(-c2nc(-c3ccc4ccccc4n3)oc2-c2ccccc2)cc1. The van der Waals surface area contributed by atoms with E-state index in [2.05, 4.69) is 0 Å². The minimum absolute atomic E-state index is 0.526. The number of pyridine rings is 1. The molecule has 0 aliphatic carbocycles. The van der Waals surface area contributed by atoms with Crippen molar-refractivity contribution < 1.29 is 4.42 Å². The third-order valence-electron chi connectivity index (χ3n) is 4.53. The van der Waals surface area contributed by atoms with E-state index in [-0.39, 0.29) is 0 Å². The fraction of sp³-hybridized carbons (Fsp3) is 0. The number of hydrogen-bond donors (Lipinski definition) is 0. The Labute approximate surface area is 157 Å². The van der Waals surface area contributed by atoms with Crippen molar-refractivity contribution in [3.05, 3.63) is 97.1 Å². The van der Waals surface area contributed by atoms with E-state index in [0.717, 1.165) is 39.2 Å². The lowest BCUT2D eigenvalue weighted by Gasteiger charge is -2.00.